The molecule has 2 rings (SSSR count). The van der Waals surface area contributed by atoms with E-state index in [0.717, 1.165) is 16.4 Å². The molecule has 5 nitrogen and oxygen atoms in total. The van der Waals surface area contributed by atoms with Gasteiger partial charge in [0.05, 0.1) is 5.92 Å². The van der Waals surface area contributed by atoms with E-state index in [1.807, 2.05) is 0 Å². The molecule has 0 aromatic heterocycles. The van der Waals surface area contributed by atoms with Crippen LogP contribution in [0.4, 0.5) is 8.78 Å². The number of hydrogen-bond donors (Lipinski definition) is 1. The van der Waals surface area contributed by atoms with Gasteiger partial charge in [-0.2, -0.15) is 4.31 Å². The number of halogens is 2. The van der Waals surface area contributed by atoms with Gasteiger partial charge >= 0.3 is 5.97 Å². The summed E-state index contributed by atoms with van der Waals surface area (Å²) in [4.78, 5) is 10.2. The fraction of sp³-hybridized carbons (Fsp3) is 0.417. The van der Waals surface area contributed by atoms with E-state index < -0.39 is 38.4 Å². The van der Waals surface area contributed by atoms with Gasteiger partial charge in [0.1, 0.15) is 16.5 Å². The molecule has 8 heteroatoms. The monoisotopic (exact) mass is 305 g/mol. The number of carboxylic acids is 1. The van der Waals surface area contributed by atoms with E-state index in [0.29, 0.717) is 6.07 Å². The van der Waals surface area contributed by atoms with Gasteiger partial charge in [0.2, 0.25) is 10.0 Å². The highest BCUT2D eigenvalue weighted by Gasteiger charge is 2.41. The van der Waals surface area contributed by atoms with Crippen LogP contribution in [0.25, 0.3) is 0 Å². The van der Waals surface area contributed by atoms with E-state index in [4.69, 9.17) is 5.11 Å². The Morgan fingerprint density at radius 1 is 1.35 bits per heavy atom. The van der Waals surface area contributed by atoms with Crippen molar-refractivity contribution in [3.05, 3.63) is 29.8 Å². The fourth-order valence-corrected chi connectivity index (χ4v) is 3.90. The topological polar surface area (TPSA) is 74.7 Å². The summed E-state index contributed by atoms with van der Waals surface area (Å²) in [6.45, 7) is 1.33. The van der Waals surface area contributed by atoms with Crippen molar-refractivity contribution >= 4 is 16.0 Å². The van der Waals surface area contributed by atoms with Crippen LogP contribution in [0.5, 0.6) is 0 Å². The van der Waals surface area contributed by atoms with Gasteiger partial charge in [0, 0.05) is 13.1 Å². The zero-order valence-electron chi connectivity index (χ0n) is 10.6. The molecule has 1 saturated heterocycles. The summed E-state index contributed by atoms with van der Waals surface area (Å²) in [6, 6.07) is 2.15. The van der Waals surface area contributed by atoms with Crippen LogP contribution in [0, 0.1) is 23.5 Å². The molecule has 1 aliphatic heterocycles. The van der Waals surface area contributed by atoms with Gasteiger partial charge in [-0.25, -0.2) is 17.2 Å². The zero-order valence-corrected chi connectivity index (χ0v) is 11.4. The fourth-order valence-electron chi connectivity index (χ4n) is 2.25. The van der Waals surface area contributed by atoms with Crippen LogP contribution in [-0.4, -0.2) is 36.9 Å². The van der Waals surface area contributed by atoms with Crippen LogP contribution in [0.15, 0.2) is 23.1 Å². The van der Waals surface area contributed by atoms with E-state index in [2.05, 4.69) is 0 Å². The third-order valence-electron chi connectivity index (χ3n) is 3.41. The molecule has 1 fully saturated rings. The molecule has 0 aliphatic carbocycles. The molecular weight excluding hydrogens is 292 g/mol. The number of carbonyl (C=O) groups is 1. The van der Waals surface area contributed by atoms with Crippen molar-refractivity contribution in [1.82, 2.24) is 4.31 Å². The molecule has 0 spiro atoms. The molecule has 1 aliphatic rings. The summed E-state index contributed by atoms with van der Waals surface area (Å²) in [5.41, 5.74) is 0. The number of hydrogen-bond acceptors (Lipinski definition) is 3. The Hall–Kier alpha value is -1.54. The SMILES string of the molecule is C[C@@H]1CN(S(=O)(=O)c2cc(F)ccc2F)C[C@H]1C(=O)O. The van der Waals surface area contributed by atoms with Gasteiger partial charge in [-0.15, -0.1) is 0 Å². The molecule has 0 saturated carbocycles. The Balaban J connectivity index is 2.37. The summed E-state index contributed by atoms with van der Waals surface area (Å²) in [5, 5.41) is 8.98. The predicted molar refractivity (Wildman–Crippen MR) is 65.4 cm³/mol. The summed E-state index contributed by atoms with van der Waals surface area (Å²) in [7, 11) is -4.24. The number of rotatable bonds is 3. The molecule has 1 heterocycles. The zero-order chi connectivity index (χ0) is 15.1. The molecule has 110 valence electrons. The minimum absolute atomic E-state index is 0.0325. The third-order valence-corrected chi connectivity index (χ3v) is 5.25. The highest BCUT2D eigenvalue weighted by atomic mass is 32.2. The van der Waals surface area contributed by atoms with E-state index in [1.54, 1.807) is 6.92 Å². The van der Waals surface area contributed by atoms with Crippen molar-refractivity contribution in [3.63, 3.8) is 0 Å². The normalized spacial score (nSPS) is 23.9. The van der Waals surface area contributed by atoms with Gasteiger partial charge in [0.15, 0.2) is 0 Å². The van der Waals surface area contributed by atoms with E-state index in [1.165, 1.54) is 0 Å². The molecule has 1 aromatic rings. The van der Waals surface area contributed by atoms with Crippen LogP contribution < -0.4 is 0 Å². The molecule has 2 atom stereocenters. The lowest BCUT2D eigenvalue weighted by atomic mass is 9.99. The van der Waals surface area contributed by atoms with Crippen LogP contribution in [-0.2, 0) is 14.8 Å². The summed E-state index contributed by atoms with van der Waals surface area (Å²) >= 11 is 0. The van der Waals surface area contributed by atoms with Gasteiger partial charge in [-0.3, -0.25) is 4.79 Å². The van der Waals surface area contributed by atoms with Crippen LogP contribution in [0.3, 0.4) is 0 Å². The quantitative estimate of drug-likeness (QED) is 0.913. The van der Waals surface area contributed by atoms with Crippen molar-refractivity contribution in [2.75, 3.05) is 13.1 Å². The first kappa shape index (κ1) is 14.9. The number of aliphatic carboxylic acids is 1. The van der Waals surface area contributed by atoms with Gasteiger partial charge in [-0.05, 0) is 24.1 Å². The van der Waals surface area contributed by atoms with Crippen molar-refractivity contribution in [2.24, 2.45) is 11.8 Å². The first-order chi connectivity index (χ1) is 9.23. The van der Waals surface area contributed by atoms with Crippen molar-refractivity contribution < 1.29 is 27.1 Å². The van der Waals surface area contributed by atoms with Crippen LogP contribution >= 0.6 is 0 Å². The second-order valence-corrected chi connectivity index (χ2v) is 6.73. The molecule has 1 N–H and O–H groups in total. The van der Waals surface area contributed by atoms with Crippen LogP contribution in [0.1, 0.15) is 6.92 Å². The Kier molecular flexibility index (Phi) is 3.79. The molecule has 0 bridgehead atoms. The molecule has 20 heavy (non-hydrogen) atoms. The Bertz CT molecular complexity index is 647. The number of nitrogens with zero attached hydrogens (tertiary/aromatic N) is 1. The number of carboxylic acid groups (broad SMARTS) is 1. The summed E-state index contributed by atoms with van der Waals surface area (Å²) in [5.74, 6) is -4.26. The molecule has 0 amide bonds. The van der Waals surface area contributed by atoms with Crippen molar-refractivity contribution in [2.45, 2.75) is 11.8 Å². The summed E-state index contributed by atoms with van der Waals surface area (Å²) < 4.78 is 52.1. The Labute approximate surface area is 114 Å². The molecule has 1 aromatic carbocycles. The average molecular weight is 305 g/mol. The lowest BCUT2D eigenvalue weighted by Gasteiger charge is -2.16. The maximum absolute atomic E-state index is 13.6. The van der Waals surface area contributed by atoms with Crippen molar-refractivity contribution in [1.29, 1.82) is 0 Å². The minimum atomic E-state index is -4.24. The Morgan fingerprint density at radius 2 is 2.00 bits per heavy atom. The predicted octanol–water partition coefficient (Wildman–Crippen LogP) is 1.31. The first-order valence-electron chi connectivity index (χ1n) is 5.91. The second-order valence-electron chi connectivity index (χ2n) is 4.82. The molecular formula is C12H13F2NO4S. The van der Waals surface area contributed by atoms with E-state index >= 15 is 0 Å². The van der Waals surface area contributed by atoms with E-state index in [9.17, 15) is 22.0 Å². The highest BCUT2D eigenvalue weighted by molar-refractivity contribution is 7.89. The lowest BCUT2D eigenvalue weighted by molar-refractivity contribution is -0.142. The first-order valence-corrected chi connectivity index (χ1v) is 7.35. The maximum Gasteiger partial charge on any atom is 0.308 e. The average Bonchev–Trinajstić information content (AvgIpc) is 2.75. The van der Waals surface area contributed by atoms with Crippen molar-refractivity contribution in [3.8, 4) is 0 Å². The standard InChI is InChI=1S/C12H13F2NO4S/c1-7-5-15(6-9(7)12(16)17)20(18,19)11-4-8(13)2-3-10(11)14/h2-4,7,9H,5-6H2,1H3,(H,16,17)/t7-,9-/m1/s1. The second kappa shape index (κ2) is 5.10. The van der Waals surface area contributed by atoms with E-state index in [-0.39, 0.29) is 19.0 Å². The molecule has 0 radical (unpaired) electrons. The smallest absolute Gasteiger partial charge is 0.308 e. The molecule has 0 unspecified atom stereocenters. The summed E-state index contributed by atoms with van der Waals surface area (Å²) in [6.07, 6.45) is 0. The third kappa shape index (κ3) is 2.53. The van der Waals surface area contributed by atoms with Gasteiger partial charge in [0.25, 0.3) is 0 Å². The minimum Gasteiger partial charge on any atom is -0.481 e. The largest absolute Gasteiger partial charge is 0.481 e. The van der Waals surface area contributed by atoms with Crippen LogP contribution in [0.2, 0.25) is 0 Å². The Morgan fingerprint density at radius 3 is 2.55 bits per heavy atom. The van der Waals surface area contributed by atoms with Gasteiger partial charge < -0.3 is 5.11 Å². The number of sulfonamides is 1. The lowest BCUT2D eigenvalue weighted by Crippen LogP contribution is -2.30. The highest BCUT2D eigenvalue weighted by Crippen LogP contribution is 2.29. The maximum atomic E-state index is 13.6. The van der Waals surface area contributed by atoms with Gasteiger partial charge in [-0.1, -0.05) is 6.92 Å². The number of benzene rings is 1.